The lowest BCUT2D eigenvalue weighted by Crippen LogP contribution is -2.31. The normalized spacial score (nSPS) is 12.1. The van der Waals surface area contributed by atoms with Crippen LogP contribution in [0, 0.1) is 0 Å². The number of benzene rings is 1. The monoisotopic (exact) mass is 295 g/mol. The third kappa shape index (κ3) is 3.49. The van der Waals surface area contributed by atoms with Crippen molar-refractivity contribution in [2.24, 2.45) is 0 Å². The van der Waals surface area contributed by atoms with E-state index in [0.29, 0.717) is 5.02 Å². The molecule has 0 bridgehead atoms. The molecule has 0 saturated carbocycles. The Morgan fingerprint density at radius 1 is 1.37 bits per heavy atom. The molecule has 1 heterocycles. The van der Waals surface area contributed by atoms with Gasteiger partial charge in [0.25, 0.3) is 0 Å². The van der Waals surface area contributed by atoms with Crippen molar-refractivity contribution in [2.45, 2.75) is 13.0 Å². The van der Waals surface area contributed by atoms with Crippen molar-refractivity contribution in [1.82, 2.24) is 0 Å². The van der Waals surface area contributed by atoms with Crippen molar-refractivity contribution in [3.63, 3.8) is 0 Å². The number of halogens is 1. The predicted molar refractivity (Wildman–Crippen MR) is 79.2 cm³/mol. The third-order valence-electron chi connectivity index (χ3n) is 2.89. The summed E-state index contributed by atoms with van der Waals surface area (Å²) < 4.78 is 0. The molecule has 19 heavy (non-hydrogen) atoms. The first-order chi connectivity index (χ1) is 9.08. The van der Waals surface area contributed by atoms with Crippen LogP contribution >= 0.6 is 22.9 Å². The first-order valence-electron chi connectivity index (χ1n) is 5.85. The Kier molecular flexibility index (Phi) is 4.45. The van der Waals surface area contributed by atoms with Crippen molar-refractivity contribution in [1.29, 1.82) is 0 Å². The van der Waals surface area contributed by atoms with E-state index in [1.165, 1.54) is 0 Å². The van der Waals surface area contributed by atoms with Gasteiger partial charge in [-0.15, -0.1) is 11.3 Å². The summed E-state index contributed by atoms with van der Waals surface area (Å²) in [6.45, 7) is 1.96. The summed E-state index contributed by atoms with van der Waals surface area (Å²) in [5.41, 5.74) is 0.854. The van der Waals surface area contributed by atoms with E-state index in [1.54, 1.807) is 23.5 Å². The summed E-state index contributed by atoms with van der Waals surface area (Å²) >= 11 is 7.49. The van der Waals surface area contributed by atoms with E-state index in [1.807, 2.05) is 41.5 Å². The maximum absolute atomic E-state index is 11.1. The Balaban J connectivity index is 2.30. The molecule has 0 aliphatic rings. The first kappa shape index (κ1) is 13.9. The second-order valence-corrected chi connectivity index (χ2v) is 5.61. The minimum atomic E-state index is -0.849. The molecular weight excluding hydrogens is 282 g/mol. The summed E-state index contributed by atoms with van der Waals surface area (Å²) in [4.78, 5) is 14.0. The summed E-state index contributed by atoms with van der Waals surface area (Å²) in [6.07, 6.45) is 0. The maximum Gasteiger partial charge on any atom is 0.323 e. The van der Waals surface area contributed by atoms with Gasteiger partial charge in [0.15, 0.2) is 0 Å². The molecule has 0 radical (unpaired) electrons. The van der Waals surface area contributed by atoms with E-state index in [4.69, 9.17) is 16.7 Å². The molecule has 0 amide bonds. The van der Waals surface area contributed by atoms with E-state index in [0.717, 1.165) is 10.6 Å². The second kappa shape index (κ2) is 6.08. The number of aliphatic carboxylic acids is 1. The topological polar surface area (TPSA) is 40.5 Å². The molecule has 0 saturated heterocycles. The molecule has 3 nitrogen and oxygen atoms in total. The van der Waals surface area contributed by atoms with Crippen LogP contribution in [-0.4, -0.2) is 17.6 Å². The number of nitrogens with zero attached hydrogens (tertiary/aromatic N) is 1. The van der Waals surface area contributed by atoms with Gasteiger partial charge in [-0.2, -0.15) is 0 Å². The minimum absolute atomic E-state index is 0.0114. The highest BCUT2D eigenvalue weighted by Gasteiger charge is 2.19. The number of carbonyl (C=O) groups is 1. The molecular formula is C14H14ClNO2S. The Labute approximate surface area is 121 Å². The number of thiophene rings is 1. The largest absolute Gasteiger partial charge is 0.480 e. The molecule has 1 aromatic carbocycles. The van der Waals surface area contributed by atoms with Gasteiger partial charge in [0.05, 0.1) is 6.04 Å². The smallest absolute Gasteiger partial charge is 0.323 e. The fourth-order valence-corrected chi connectivity index (χ4v) is 2.83. The Hall–Kier alpha value is -1.52. The average molecular weight is 296 g/mol. The van der Waals surface area contributed by atoms with Crippen molar-refractivity contribution in [3.8, 4) is 0 Å². The number of carboxylic acids is 1. The van der Waals surface area contributed by atoms with E-state index < -0.39 is 5.97 Å². The number of rotatable bonds is 5. The van der Waals surface area contributed by atoms with Crippen LogP contribution in [0.2, 0.25) is 5.02 Å². The minimum Gasteiger partial charge on any atom is -0.480 e. The highest BCUT2D eigenvalue weighted by atomic mass is 35.5. The molecule has 5 heteroatoms. The molecule has 0 spiro atoms. The summed E-state index contributed by atoms with van der Waals surface area (Å²) in [7, 11) is 0. The first-order valence-corrected chi connectivity index (χ1v) is 7.11. The van der Waals surface area contributed by atoms with Crippen LogP contribution < -0.4 is 4.90 Å². The molecule has 0 aliphatic heterocycles. The maximum atomic E-state index is 11.1. The van der Waals surface area contributed by atoms with Gasteiger partial charge in [0, 0.05) is 15.6 Å². The highest BCUT2D eigenvalue weighted by molar-refractivity contribution is 7.10. The lowest BCUT2D eigenvalue weighted by Gasteiger charge is -2.29. The quantitative estimate of drug-likeness (QED) is 0.904. The summed E-state index contributed by atoms with van der Waals surface area (Å²) in [5, 5.41) is 11.7. The van der Waals surface area contributed by atoms with Crippen LogP contribution in [0.3, 0.4) is 0 Å². The zero-order valence-corrected chi connectivity index (χ0v) is 12.0. The van der Waals surface area contributed by atoms with Gasteiger partial charge in [-0.3, -0.25) is 4.79 Å². The zero-order valence-electron chi connectivity index (χ0n) is 10.4. The second-order valence-electron chi connectivity index (χ2n) is 4.19. The molecule has 100 valence electrons. The average Bonchev–Trinajstić information content (AvgIpc) is 2.90. The fraction of sp³-hybridized carbons (Fsp3) is 0.214. The van der Waals surface area contributed by atoms with Crippen molar-refractivity contribution < 1.29 is 9.90 Å². The SMILES string of the molecule is CC(c1cccs1)N(CC(=O)O)c1ccc(Cl)cc1. The Bertz CT molecular complexity index is 539. The standard InChI is InChI=1S/C14H14ClNO2S/c1-10(13-3-2-8-19-13)16(9-14(17)18)12-6-4-11(15)5-7-12/h2-8,10H,9H2,1H3,(H,17,18). The van der Waals surface area contributed by atoms with Crippen molar-refractivity contribution >= 4 is 34.6 Å². The Morgan fingerprint density at radius 3 is 2.58 bits per heavy atom. The van der Waals surface area contributed by atoms with Crippen LogP contribution in [0.4, 0.5) is 5.69 Å². The molecule has 1 N–H and O–H groups in total. The highest BCUT2D eigenvalue weighted by Crippen LogP contribution is 2.30. The predicted octanol–water partition coefficient (Wildman–Crippen LogP) is 4.05. The number of anilines is 1. The molecule has 1 atom stereocenters. The molecule has 1 unspecified atom stereocenters. The van der Waals surface area contributed by atoms with E-state index >= 15 is 0 Å². The molecule has 0 fully saturated rings. The number of carboxylic acid groups (broad SMARTS) is 1. The van der Waals surface area contributed by atoms with E-state index in [2.05, 4.69) is 0 Å². The lowest BCUT2D eigenvalue weighted by molar-refractivity contribution is -0.135. The van der Waals surface area contributed by atoms with Crippen molar-refractivity contribution in [2.75, 3.05) is 11.4 Å². The lowest BCUT2D eigenvalue weighted by atomic mass is 10.2. The molecule has 2 aromatic rings. The van der Waals surface area contributed by atoms with Crippen molar-refractivity contribution in [3.05, 3.63) is 51.7 Å². The molecule has 2 rings (SSSR count). The van der Waals surface area contributed by atoms with E-state index in [-0.39, 0.29) is 12.6 Å². The summed E-state index contributed by atoms with van der Waals surface area (Å²) in [6, 6.07) is 11.2. The molecule has 0 aliphatic carbocycles. The van der Waals surface area contributed by atoms with Gasteiger partial charge in [-0.05, 0) is 42.6 Å². The number of hydrogen-bond acceptors (Lipinski definition) is 3. The fourth-order valence-electron chi connectivity index (χ4n) is 1.91. The van der Waals surface area contributed by atoms with Crippen LogP contribution in [0.5, 0.6) is 0 Å². The Morgan fingerprint density at radius 2 is 2.05 bits per heavy atom. The summed E-state index contributed by atoms with van der Waals surface area (Å²) in [5.74, 6) is -0.849. The van der Waals surface area contributed by atoms with Crippen LogP contribution in [0.15, 0.2) is 41.8 Å². The number of hydrogen-bond donors (Lipinski definition) is 1. The van der Waals surface area contributed by atoms with Crippen LogP contribution in [-0.2, 0) is 4.79 Å². The zero-order chi connectivity index (χ0) is 13.8. The third-order valence-corrected chi connectivity index (χ3v) is 4.18. The van der Waals surface area contributed by atoms with Gasteiger partial charge in [0.1, 0.15) is 6.54 Å². The van der Waals surface area contributed by atoms with Gasteiger partial charge < -0.3 is 10.0 Å². The van der Waals surface area contributed by atoms with Crippen LogP contribution in [0.25, 0.3) is 0 Å². The van der Waals surface area contributed by atoms with E-state index in [9.17, 15) is 4.79 Å². The molecule has 1 aromatic heterocycles. The van der Waals surface area contributed by atoms with Gasteiger partial charge in [-0.25, -0.2) is 0 Å². The van der Waals surface area contributed by atoms with Gasteiger partial charge in [-0.1, -0.05) is 17.7 Å². The van der Waals surface area contributed by atoms with Crippen LogP contribution in [0.1, 0.15) is 17.8 Å². The van der Waals surface area contributed by atoms with Gasteiger partial charge >= 0.3 is 5.97 Å². The van der Waals surface area contributed by atoms with Gasteiger partial charge in [0.2, 0.25) is 0 Å².